The molecule has 6 heteroatoms. The fourth-order valence-corrected chi connectivity index (χ4v) is 3.01. The summed E-state index contributed by atoms with van der Waals surface area (Å²) in [7, 11) is 1.33. The Morgan fingerprint density at radius 1 is 1.58 bits per heavy atom. The van der Waals surface area contributed by atoms with E-state index in [1.165, 1.54) is 7.11 Å². The molecule has 4 nitrogen and oxygen atoms in total. The molecule has 0 spiro atoms. The van der Waals surface area contributed by atoms with Crippen LogP contribution in [0.5, 0.6) is 0 Å². The molecule has 0 radical (unpaired) electrons. The molecule has 1 aromatic carbocycles. The van der Waals surface area contributed by atoms with E-state index in [1.807, 2.05) is 6.07 Å². The highest BCUT2D eigenvalue weighted by molar-refractivity contribution is 9.10. The second-order valence-corrected chi connectivity index (χ2v) is 5.60. The van der Waals surface area contributed by atoms with Gasteiger partial charge in [-0.3, -0.25) is 4.79 Å². The predicted octanol–water partition coefficient (Wildman–Crippen LogP) is 2.52. The fraction of sp³-hybridized carbons (Fsp3) is 0.385. The molecule has 1 atom stereocenters. The first-order chi connectivity index (χ1) is 9.08. The van der Waals surface area contributed by atoms with Gasteiger partial charge in [-0.1, -0.05) is 6.07 Å². The molecule has 1 fully saturated rings. The average molecular weight is 344 g/mol. The number of para-hydroxylation sites is 1. The average Bonchev–Trinajstić information content (AvgIpc) is 2.78. The number of hydrogen-bond acceptors (Lipinski definition) is 4. The van der Waals surface area contributed by atoms with Crippen LogP contribution in [0.3, 0.4) is 0 Å². The number of nitrogens with zero attached hydrogens (tertiary/aromatic N) is 1. The number of hydrogen-bond donors (Lipinski definition) is 1. The van der Waals surface area contributed by atoms with E-state index in [4.69, 9.17) is 4.74 Å². The molecule has 0 N–H and O–H groups in total. The molecule has 0 aromatic heterocycles. The number of halogens is 1. The highest BCUT2D eigenvalue weighted by atomic mass is 79.9. The Labute approximate surface area is 125 Å². The van der Waals surface area contributed by atoms with Crippen LogP contribution in [0.15, 0.2) is 22.7 Å². The van der Waals surface area contributed by atoms with Crippen molar-refractivity contribution in [1.29, 1.82) is 0 Å². The fourth-order valence-electron chi connectivity index (χ4n) is 2.18. The SMILES string of the molecule is COC(=O)c1cccc(Br)c1N1CC(CS)CC1=O. The number of benzene rings is 1. The summed E-state index contributed by atoms with van der Waals surface area (Å²) in [6.45, 7) is 0.578. The van der Waals surface area contributed by atoms with Gasteiger partial charge in [-0.2, -0.15) is 12.6 Å². The number of esters is 1. The Balaban J connectivity index is 2.44. The third-order valence-corrected chi connectivity index (χ3v) is 4.28. The molecule has 102 valence electrons. The van der Waals surface area contributed by atoms with Crippen molar-refractivity contribution in [3.63, 3.8) is 0 Å². The van der Waals surface area contributed by atoms with Crippen molar-refractivity contribution in [3.8, 4) is 0 Å². The summed E-state index contributed by atoms with van der Waals surface area (Å²) in [5.74, 6) is 0.434. The van der Waals surface area contributed by atoms with Crippen molar-refractivity contribution in [2.45, 2.75) is 6.42 Å². The minimum Gasteiger partial charge on any atom is -0.465 e. The molecule has 1 saturated heterocycles. The summed E-state index contributed by atoms with van der Waals surface area (Å²) in [5, 5.41) is 0. The summed E-state index contributed by atoms with van der Waals surface area (Å²) >= 11 is 7.64. The zero-order valence-electron chi connectivity index (χ0n) is 10.4. The van der Waals surface area contributed by atoms with Gasteiger partial charge in [0.2, 0.25) is 5.91 Å². The van der Waals surface area contributed by atoms with Gasteiger partial charge in [-0.25, -0.2) is 4.79 Å². The quantitative estimate of drug-likeness (QED) is 0.677. The third-order valence-electron chi connectivity index (χ3n) is 3.13. The van der Waals surface area contributed by atoms with Gasteiger partial charge in [0.25, 0.3) is 0 Å². The van der Waals surface area contributed by atoms with Crippen LogP contribution in [0.1, 0.15) is 16.8 Å². The standard InChI is InChI=1S/C13H14BrNO3S/c1-18-13(17)9-3-2-4-10(14)12(9)15-6-8(7-19)5-11(15)16/h2-4,8,19H,5-7H2,1H3. The van der Waals surface area contributed by atoms with Crippen molar-refractivity contribution >= 4 is 46.1 Å². The van der Waals surface area contributed by atoms with Gasteiger partial charge in [0.15, 0.2) is 0 Å². The molecule has 0 aliphatic carbocycles. The van der Waals surface area contributed by atoms with E-state index < -0.39 is 5.97 Å². The summed E-state index contributed by atoms with van der Waals surface area (Å²) in [5.41, 5.74) is 0.980. The maximum Gasteiger partial charge on any atom is 0.340 e. The maximum atomic E-state index is 12.1. The molecule has 1 unspecified atom stereocenters. The monoisotopic (exact) mass is 343 g/mol. The lowest BCUT2D eigenvalue weighted by molar-refractivity contribution is -0.117. The third kappa shape index (κ3) is 2.79. The Bertz CT molecular complexity index is 521. The number of thiol groups is 1. The smallest absolute Gasteiger partial charge is 0.340 e. The largest absolute Gasteiger partial charge is 0.465 e. The van der Waals surface area contributed by atoms with Crippen LogP contribution in [-0.4, -0.2) is 31.3 Å². The van der Waals surface area contributed by atoms with Crippen molar-refractivity contribution < 1.29 is 14.3 Å². The van der Waals surface area contributed by atoms with Crippen LogP contribution in [0.25, 0.3) is 0 Å². The number of carbonyl (C=O) groups excluding carboxylic acids is 2. The van der Waals surface area contributed by atoms with E-state index in [0.29, 0.717) is 34.4 Å². The molecule has 1 aromatic rings. The number of anilines is 1. The normalized spacial score (nSPS) is 18.8. The van der Waals surface area contributed by atoms with Crippen molar-refractivity contribution in [2.24, 2.45) is 5.92 Å². The molecular formula is C13H14BrNO3S. The zero-order valence-corrected chi connectivity index (χ0v) is 12.9. The van der Waals surface area contributed by atoms with E-state index in [9.17, 15) is 9.59 Å². The first-order valence-corrected chi connectivity index (χ1v) is 7.29. The molecule has 0 saturated carbocycles. The second kappa shape index (κ2) is 5.96. The topological polar surface area (TPSA) is 46.6 Å². The van der Waals surface area contributed by atoms with Crippen LogP contribution in [-0.2, 0) is 9.53 Å². The van der Waals surface area contributed by atoms with Gasteiger partial charge < -0.3 is 9.64 Å². The summed E-state index contributed by atoms with van der Waals surface area (Å²) < 4.78 is 5.48. The Kier molecular flexibility index (Phi) is 4.52. The summed E-state index contributed by atoms with van der Waals surface area (Å²) in [6.07, 6.45) is 0.464. The summed E-state index contributed by atoms with van der Waals surface area (Å²) in [6, 6.07) is 5.22. The van der Waals surface area contributed by atoms with Gasteiger partial charge in [-0.05, 0) is 39.7 Å². The highest BCUT2D eigenvalue weighted by Crippen LogP contribution is 2.35. The number of rotatable bonds is 3. The summed E-state index contributed by atoms with van der Waals surface area (Å²) in [4.78, 5) is 25.5. The predicted molar refractivity (Wildman–Crippen MR) is 79.8 cm³/mol. The zero-order chi connectivity index (χ0) is 14.0. The van der Waals surface area contributed by atoms with Gasteiger partial charge in [-0.15, -0.1) is 0 Å². The Hall–Kier alpha value is -1.01. The van der Waals surface area contributed by atoms with Crippen molar-refractivity contribution in [3.05, 3.63) is 28.2 Å². The van der Waals surface area contributed by atoms with Crippen LogP contribution in [0, 0.1) is 5.92 Å². The van der Waals surface area contributed by atoms with Gasteiger partial charge in [0.1, 0.15) is 0 Å². The highest BCUT2D eigenvalue weighted by Gasteiger charge is 2.33. The lowest BCUT2D eigenvalue weighted by Crippen LogP contribution is -2.27. The number of ether oxygens (including phenoxy) is 1. The minimum absolute atomic E-state index is 0.0103. The molecule has 1 amide bonds. The second-order valence-electron chi connectivity index (χ2n) is 4.38. The first kappa shape index (κ1) is 14.4. The molecule has 1 aliphatic heterocycles. The van der Waals surface area contributed by atoms with Crippen LogP contribution < -0.4 is 4.90 Å². The van der Waals surface area contributed by atoms with Crippen LogP contribution in [0.4, 0.5) is 5.69 Å². The van der Waals surface area contributed by atoms with Crippen LogP contribution >= 0.6 is 28.6 Å². The molecule has 1 aliphatic rings. The number of methoxy groups -OCH3 is 1. The van der Waals surface area contributed by atoms with E-state index in [1.54, 1.807) is 17.0 Å². The van der Waals surface area contributed by atoms with E-state index in [-0.39, 0.29) is 11.8 Å². The molecule has 2 rings (SSSR count). The van der Waals surface area contributed by atoms with E-state index >= 15 is 0 Å². The number of amides is 1. The van der Waals surface area contributed by atoms with Crippen LogP contribution in [0.2, 0.25) is 0 Å². The Morgan fingerprint density at radius 3 is 2.89 bits per heavy atom. The maximum absolute atomic E-state index is 12.1. The molecule has 1 heterocycles. The van der Waals surface area contributed by atoms with Gasteiger partial charge >= 0.3 is 5.97 Å². The van der Waals surface area contributed by atoms with E-state index in [0.717, 1.165) is 0 Å². The van der Waals surface area contributed by atoms with E-state index in [2.05, 4.69) is 28.6 Å². The lowest BCUT2D eigenvalue weighted by atomic mass is 10.1. The molecule has 19 heavy (non-hydrogen) atoms. The van der Waals surface area contributed by atoms with Crippen molar-refractivity contribution in [1.82, 2.24) is 0 Å². The molecule has 0 bridgehead atoms. The number of carbonyl (C=O) groups is 2. The molecular weight excluding hydrogens is 330 g/mol. The minimum atomic E-state index is -0.446. The van der Waals surface area contributed by atoms with Gasteiger partial charge in [0.05, 0.1) is 18.4 Å². The van der Waals surface area contributed by atoms with Gasteiger partial charge in [0, 0.05) is 17.4 Å². The van der Waals surface area contributed by atoms with Crippen molar-refractivity contribution in [2.75, 3.05) is 24.3 Å². The lowest BCUT2D eigenvalue weighted by Gasteiger charge is -2.21. The first-order valence-electron chi connectivity index (χ1n) is 5.86. The Morgan fingerprint density at radius 2 is 2.32 bits per heavy atom.